The lowest BCUT2D eigenvalue weighted by Crippen LogP contribution is -2.30. The maximum atomic E-state index is 11.9. The van der Waals surface area contributed by atoms with Gasteiger partial charge in [-0.25, -0.2) is 0 Å². The molecule has 0 aromatic heterocycles. The Balaban J connectivity index is 1.85. The van der Waals surface area contributed by atoms with E-state index < -0.39 is 5.60 Å². The van der Waals surface area contributed by atoms with Gasteiger partial charge >= 0.3 is 0 Å². The minimum Gasteiger partial charge on any atom is -0.490 e. The Bertz CT molecular complexity index is 706. The number of benzene rings is 2. The Labute approximate surface area is 141 Å². The largest absolute Gasteiger partial charge is 0.490 e. The Hall–Kier alpha value is -2.73. The number of ether oxygens (including phenoxy) is 2. The molecule has 0 radical (unpaired) electrons. The van der Waals surface area contributed by atoms with Crippen LogP contribution < -0.4 is 20.9 Å². The summed E-state index contributed by atoms with van der Waals surface area (Å²) in [6, 6.07) is 11.6. The number of hydrogen-bond donors (Lipinski definition) is 3. The molecule has 0 fully saturated rings. The Morgan fingerprint density at radius 1 is 1.04 bits per heavy atom. The zero-order chi connectivity index (χ0) is 17.7. The molecular formula is C18H22N2O4. The van der Waals surface area contributed by atoms with Gasteiger partial charge in [0.05, 0.1) is 5.69 Å². The van der Waals surface area contributed by atoms with Crippen molar-refractivity contribution in [2.24, 2.45) is 0 Å². The molecule has 0 atom stereocenters. The van der Waals surface area contributed by atoms with Crippen LogP contribution in [-0.4, -0.2) is 29.7 Å². The SMILES string of the molecule is CC(C)(O)C(=O)c1ccc(OCCOc2cc(N)ccc2N)cc1. The van der Waals surface area contributed by atoms with Crippen LogP contribution in [0.3, 0.4) is 0 Å². The van der Waals surface area contributed by atoms with Gasteiger partial charge in [0.25, 0.3) is 0 Å². The topological polar surface area (TPSA) is 108 Å². The predicted octanol–water partition coefficient (Wildman–Crippen LogP) is 2.26. The summed E-state index contributed by atoms with van der Waals surface area (Å²) < 4.78 is 11.1. The van der Waals surface area contributed by atoms with E-state index in [1.165, 1.54) is 13.8 Å². The Morgan fingerprint density at radius 2 is 1.67 bits per heavy atom. The van der Waals surface area contributed by atoms with Gasteiger partial charge in [-0.2, -0.15) is 0 Å². The summed E-state index contributed by atoms with van der Waals surface area (Å²) in [5.74, 6) is 0.783. The molecule has 0 saturated carbocycles. The number of hydrogen-bond acceptors (Lipinski definition) is 6. The normalized spacial score (nSPS) is 11.1. The predicted molar refractivity (Wildman–Crippen MR) is 93.3 cm³/mol. The quantitative estimate of drug-likeness (QED) is 0.408. The summed E-state index contributed by atoms with van der Waals surface area (Å²) in [7, 11) is 0. The lowest BCUT2D eigenvalue weighted by atomic mass is 9.97. The molecule has 0 aliphatic heterocycles. The first-order valence-electron chi connectivity index (χ1n) is 7.55. The highest BCUT2D eigenvalue weighted by Crippen LogP contribution is 2.23. The van der Waals surface area contributed by atoms with Crippen molar-refractivity contribution in [2.45, 2.75) is 19.4 Å². The molecule has 0 amide bonds. The van der Waals surface area contributed by atoms with E-state index in [1.807, 2.05) is 0 Å². The summed E-state index contributed by atoms with van der Waals surface area (Å²) in [5.41, 5.74) is 11.6. The molecule has 2 aromatic carbocycles. The van der Waals surface area contributed by atoms with Gasteiger partial charge in [-0.05, 0) is 50.2 Å². The second-order valence-corrected chi connectivity index (χ2v) is 5.91. The van der Waals surface area contributed by atoms with Crippen molar-refractivity contribution >= 4 is 17.2 Å². The van der Waals surface area contributed by atoms with Crippen molar-refractivity contribution in [3.8, 4) is 11.5 Å². The summed E-state index contributed by atoms with van der Waals surface area (Å²) in [4.78, 5) is 11.9. The molecule has 0 aliphatic rings. The third-order valence-electron chi connectivity index (χ3n) is 3.32. The first-order chi connectivity index (χ1) is 11.3. The minimum absolute atomic E-state index is 0.304. The number of carbonyl (C=O) groups is 1. The van der Waals surface area contributed by atoms with Crippen LogP contribution in [0, 0.1) is 0 Å². The molecule has 0 bridgehead atoms. The molecule has 0 aliphatic carbocycles. The van der Waals surface area contributed by atoms with Crippen molar-refractivity contribution < 1.29 is 19.4 Å². The van der Waals surface area contributed by atoms with Gasteiger partial charge in [-0.15, -0.1) is 0 Å². The second kappa shape index (κ2) is 7.23. The van der Waals surface area contributed by atoms with E-state index in [0.717, 1.165) is 0 Å². The van der Waals surface area contributed by atoms with Crippen LogP contribution in [0.5, 0.6) is 11.5 Å². The highest BCUT2D eigenvalue weighted by Gasteiger charge is 2.24. The third kappa shape index (κ3) is 4.63. The van der Waals surface area contributed by atoms with Gasteiger partial charge in [0.2, 0.25) is 0 Å². The molecule has 0 unspecified atom stereocenters. The van der Waals surface area contributed by atoms with E-state index in [2.05, 4.69) is 0 Å². The highest BCUT2D eigenvalue weighted by atomic mass is 16.5. The molecule has 2 aromatic rings. The van der Waals surface area contributed by atoms with Crippen LogP contribution in [0.15, 0.2) is 42.5 Å². The molecular weight excluding hydrogens is 308 g/mol. The molecule has 6 heteroatoms. The molecule has 5 N–H and O–H groups in total. The number of Topliss-reactive ketones (excluding diaryl/α,β-unsaturated/α-hetero) is 1. The standard InChI is InChI=1S/C18H22N2O4/c1-18(2,22)17(21)12-3-6-14(7-4-12)23-9-10-24-16-11-13(19)5-8-15(16)20/h3-8,11,22H,9-10,19-20H2,1-2H3. The fourth-order valence-electron chi connectivity index (χ4n) is 2.04. The van der Waals surface area contributed by atoms with E-state index in [9.17, 15) is 9.90 Å². The van der Waals surface area contributed by atoms with E-state index in [1.54, 1.807) is 42.5 Å². The van der Waals surface area contributed by atoms with Crippen LogP contribution in [-0.2, 0) is 0 Å². The number of nitrogen functional groups attached to an aromatic ring is 2. The average molecular weight is 330 g/mol. The second-order valence-electron chi connectivity index (χ2n) is 5.91. The average Bonchev–Trinajstić information content (AvgIpc) is 2.53. The zero-order valence-electron chi connectivity index (χ0n) is 13.8. The third-order valence-corrected chi connectivity index (χ3v) is 3.32. The molecule has 0 saturated heterocycles. The molecule has 24 heavy (non-hydrogen) atoms. The first kappa shape index (κ1) is 17.6. The van der Waals surface area contributed by atoms with Crippen LogP contribution in [0.1, 0.15) is 24.2 Å². The molecule has 0 heterocycles. The maximum absolute atomic E-state index is 11.9. The van der Waals surface area contributed by atoms with Crippen LogP contribution >= 0.6 is 0 Å². The first-order valence-corrected chi connectivity index (χ1v) is 7.55. The smallest absolute Gasteiger partial charge is 0.193 e. The van der Waals surface area contributed by atoms with E-state index in [-0.39, 0.29) is 5.78 Å². The summed E-state index contributed by atoms with van der Waals surface area (Å²) in [6.07, 6.45) is 0. The van der Waals surface area contributed by atoms with Gasteiger partial charge in [0.1, 0.15) is 30.3 Å². The van der Waals surface area contributed by atoms with Crippen LogP contribution in [0.4, 0.5) is 11.4 Å². The Kier molecular flexibility index (Phi) is 5.31. The lowest BCUT2D eigenvalue weighted by molar-refractivity contribution is 0.0488. The van der Waals surface area contributed by atoms with E-state index in [0.29, 0.717) is 41.7 Å². The van der Waals surface area contributed by atoms with Crippen molar-refractivity contribution in [1.29, 1.82) is 0 Å². The number of aliphatic hydroxyl groups is 1. The number of rotatable bonds is 7. The monoisotopic (exact) mass is 330 g/mol. The number of carbonyl (C=O) groups excluding carboxylic acids is 1. The van der Waals surface area contributed by atoms with Gasteiger partial charge in [0, 0.05) is 17.3 Å². The molecule has 128 valence electrons. The fourth-order valence-corrected chi connectivity index (χ4v) is 2.04. The van der Waals surface area contributed by atoms with Crippen LogP contribution in [0.2, 0.25) is 0 Å². The highest BCUT2D eigenvalue weighted by molar-refractivity contribution is 6.01. The van der Waals surface area contributed by atoms with E-state index >= 15 is 0 Å². The number of nitrogens with two attached hydrogens (primary N) is 2. The number of ketones is 1. The van der Waals surface area contributed by atoms with Crippen molar-refractivity contribution in [3.63, 3.8) is 0 Å². The van der Waals surface area contributed by atoms with Crippen molar-refractivity contribution in [1.82, 2.24) is 0 Å². The zero-order valence-corrected chi connectivity index (χ0v) is 13.8. The summed E-state index contributed by atoms with van der Waals surface area (Å²) in [6.45, 7) is 3.53. The summed E-state index contributed by atoms with van der Waals surface area (Å²) in [5, 5.41) is 9.72. The van der Waals surface area contributed by atoms with Gasteiger partial charge in [-0.3, -0.25) is 4.79 Å². The molecule has 0 spiro atoms. The number of anilines is 2. The lowest BCUT2D eigenvalue weighted by Gasteiger charge is -2.15. The molecule has 2 rings (SSSR count). The summed E-state index contributed by atoms with van der Waals surface area (Å²) >= 11 is 0. The Morgan fingerprint density at radius 3 is 2.29 bits per heavy atom. The van der Waals surface area contributed by atoms with Gasteiger partial charge < -0.3 is 26.0 Å². The fraction of sp³-hybridized carbons (Fsp3) is 0.278. The minimum atomic E-state index is -1.40. The molecule has 6 nitrogen and oxygen atoms in total. The van der Waals surface area contributed by atoms with E-state index in [4.69, 9.17) is 20.9 Å². The van der Waals surface area contributed by atoms with Crippen molar-refractivity contribution in [2.75, 3.05) is 24.7 Å². The van der Waals surface area contributed by atoms with Crippen molar-refractivity contribution in [3.05, 3.63) is 48.0 Å². The maximum Gasteiger partial charge on any atom is 0.193 e. The van der Waals surface area contributed by atoms with Crippen LogP contribution in [0.25, 0.3) is 0 Å². The van der Waals surface area contributed by atoms with Gasteiger partial charge in [0.15, 0.2) is 5.78 Å². The van der Waals surface area contributed by atoms with Gasteiger partial charge in [-0.1, -0.05) is 0 Å².